The first kappa shape index (κ1) is 6.53. The molecular formula is C8H13N. The Morgan fingerprint density at radius 3 is 2.56 bits per heavy atom. The lowest BCUT2D eigenvalue weighted by Gasteiger charge is -2.21. The second kappa shape index (κ2) is 1.98. The minimum Gasteiger partial charge on any atom is -0.266 e. The van der Waals surface area contributed by atoms with Gasteiger partial charge in [0.2, 0.25) is 0 Å². The molecule has 0 aromatic rings. The molecule has 1 aliphatic rings. The summed E-state index contributed by atoms with van der Waals surface area (Å²) in [6.07, 6.45) is 5.16. The summed E-state index contributed by atoms with van der Waals surface area (Å²) in [5.74, 6) is 0. The normalized spacial score (nSPS) is 23.7. The molecule has 0 aromatic heterocycles. The van der Waals surface area contributed by atoms with E-state index in [0.717, 1.165) is 6.42 Å². The standard InChI is InChI=1S/C8H13N/c1-7-6-8(2,3)4-5-9-7/h4-5H,6H2,1-3H3. The summed E-state index contributed by atoms with van der Waals surface area (Å²) in [4.78, 5) is 4.16. The zero-order valence-electron chi connectivity index (χ0n) is 6.31. The van der Waals surface area contributed by atoms with Crippen LogP contribution in [0.2, 0.25) is 0 Å². The van der Waals surface area contributed by atoms with Crippen molar-refractivity contribution in [3.8, 4) is 0 Å². The third kappa shape index (κ3) is 1.67. The van der Waals surface area contributed by atoms with Gasteiger partial charge in [0.25, 0.3) is 0 Å². The Kier molecular flexibility index (Phi) is 1.43. The lowest BCUT2D eigenvalue weighted by molar-refractivity contribution is 0.496. The predicted octanol–water partition coefficient (Wildman–Crippen LogP) is 2.39. The highest BCUT2D eigenvalue weighted by atomic mass is 14.7. The first-order chi connectivity index (χ1) is 4.10. The van der Waals surface area contributed by atoms with Gasteiger partial charge in [-0.2, -0.15) is 0 Å². The molecule has 0 radical (unpaired) electrons. The van der Waals surface area contributed by atoms with Gasteiger partial charge in [0.05, 0.1) is 0 Å². The average molecular weight is 123 g/mol. The van der Waals surface area contributed by atoms with Crippen LogP contribution in [-0.4, -0.2) is 5.71 Å². The van der Waals surface area contributed by atoms with Crippen molar-refractivity contribution in [1.29, 1.82) is 0 Å². The van der Waals surface area contributed by atoms with Crippen molar-refractivity contribution in [2.45, 2.75) is 27.2 Å². The topological polar surface area (TPSA) is 12.4 Å². The maximum Gasteiger partial charge on any atom is 0.0232 e. The summed E-state index contributed by atoms with van der Waals surface area (Å²) >= 11 is 0. The van der Waals surface area contributed by atoms with E-state index in [1.54, 1.807) is 0 Å². The first-order valence-corrected chi connectivity index (χ1v) is 3.31. The monoisotopic (exact) mass is 123 g/mol. The molecule has 50 valence electrons. The van der Waals surface area contributed by atoms with Crippen LogP contribution in [0.1, 0.15) is 27.2 Å². The van der Waals surface area contributed by atoms with Gasteiger partial charge in [-0.1, -0.05) is 19.9 Å². The van der Waals surface area contributed by atoms with Crippen LogP contribution in [0.5, 0.6) is 0 Å². The minimum atomic E-state index is 0.339. The van der Waals surface area contributed by atoms with Crippen LogP contribution in [0.25, 0.3) is 0 Å². The Bertz CT molecular complexity index is 163. The quantitative estimate of drug-likeness (QED) is 0.469. The maximum absolute atomic E-state index is 4.16. The van der Waals surface area contributed by atoms with E-state index in [-0.39, 0.29) is 0 Å². The van der Waals surface area contributed by atoms with Crippen LogP contribution < -0.4 is 0 Å². The molecule has 1 nitrogen and oxygen atoms in total. The fourth-order valence-corrected chi connectivity index (χ4v) is 1.13. The molecular weight excluding hydrogens is 110 g/mol. The maximum atomic E-state index is 4.16. The number of hydrogen-bond donors (Lipinski definition) is 0. The van der Waals surface area contributed by atoms with Crippen molar-refractivity contribution in [2.24, 2.45) is 10.4 Å². The third-order valence-electron chi connectivity index (χ3n) is 1.53. The molecule has 0 fully saturated rings. The molecule has 9 heavy (non-hydrogen) atoms. The van der Waals surface area contributed by atoms with Crippen LogP contribution in [0.4, 0.5) is 0 Å². The van der Waals surface area contributed by atoms with Crippen molar-refractivity contribution in [3.63, 3.8) is 0 Å². The van der Waals surface area contributed by atoms with Crippen molar-refractivity contribution < 1.29 is 0 Å². The zero-order chi connectivity index (χ0) is 6.91. The van der Waals surface area contributed by atoms with E-state index in [0.29, 0.717) is 5.41 Å². The fraction of sp³-hybridized carbons (Fsp3) is 0.625. The van der Waals surface area contributed by atoms with Gasteiger partial charge in [-0.25, -0.2) is 0 Å². The lowest BCUT2D eigenvalue weighted by Crippen LogP contribution is -2.14. The molecule has 0 bridgehead atoms. The highest BCUT2D eigenvalue weighted by Gasteiger charge is 2.16. The van der Waals surface area contributed by atoms with Gasteiger partial charge in [0.1, 0.15) is 0 Å². The number of nitrogens with zero attached hydrogens (tertiary/aromatic N) is 1. The van der Waals surface area contributed by atoms with E-state index >= 15 is 0 Å². The molecule has 0 N–H and O–H groups in total. The van der Waals surface area contributed by atoms with Crippen LogP contribution in [-0.2, 0) is 0 Å². The highest BCUT2D eigenvalue weighted by molar-refractivity contribution is 5.84. The lowest BCUT2D eigenvalue weighted by atomic mass is 9.86. The predicted molar refractivity (Wildman–Crippen MR) is 40.6 cm³/mol. The molecule has 0 saturated carbocycles. The fourth-order valence-electron chi connectivity index (χ4n) is 1.13. The van der Waals surface area contributed by atoms with Gasteiger partial charge < -0.3 is 0 Å². The van der Waals surface area contributed by atoms with E-state index in [4.69, 9.17) is 0 Å². The van der Waals surface area contributed by atoms with Crippen LogP contribution >= 0.6 is 0 Å². The van der Waals surface area contributed by atoms with Crippen molar-refractivity contribution in [3.05, 3.63) is 12.3 Å². The second-order valence-electron chi connectivity index (χ2n) is 3.35. The van der Waals surface area contributed by atoms with Gasteiger partial charge in [0, 0.05) is 11.9 Å². The third-order valence-corrected chi connectivity index (χ3v) is 1.53. The summed E-state index contributed by atoms with van der Waals surface area (Å²) in [5.41, 5.74) is 1.58. The molecule has 0 saturated heterocycles. The Balaban J connectivity index is 2.73. The molecule has 0 aliphatic carbocycles. The zero-order valence-corrected chi connectivity index (χ0v) is 6.31. The van der Waals surface area contributed by atoms with E-state index < -0.39 is 0 Å². The Morgan fingerprint density at radius 2 is 2.22 bits per heavy atom. The van der Waals surface area contributed by atoms with E-state index in [1.165, 1.54) is 5.71 Å². The van der Waals surface area contributed by atoms with Crippen LogP contribution in [0.3, 0.4) is 0 Å². The minimum absolute atomic E-state index is 0.339. The van der Waals surface area contributed by atoms with Gasteiger partial charge >= 0.3 is 0 Å². The second-order valence-corrected chi connectivity index (χ2v) is 3.35. The van der Waals surface area contributed by atoms with E-state index in [2.05, 4.69) is 31.8 Å². The average Bonchev–Trinajstić information content (AvgIpc) is 1.60. The Morgan fingerprint density at radius 1 is 1.56 bits per heavy atom. The molecule has 0 amide bonds. The van der Waals surface area contributed by atoms with Crippen LogP contribution in [0, 0.1) is 5.41 Å². The molecule has 0 spiro atoms. The van der Waals surface area contributed by atoms with Gasteiger partial charge in [-0.3, -0.25) is 4.99 Å². The highest BCUT2D eigenvalue weighted by Crippen LogP contribution is 2.25. The molecule has 0 aromatic carbocycles. The Hall–Kier alpha value is -0.590. The molecule has 1 rings (SSSR count). The molecule has 0 unspecified atom stereocenters. The van der Waals surface area contributed by atoms with Crippen molar-refractivity contribution in [1.82, 2.24) is 0 Å². The summed E-state index contributed by atoms with van der Waals surface area (Å²) in [6.45, 7) is 6.52. The molecule has 1 heterocycles. The largest absolute Gasteiger partial charge is 0.266 e. The SMILES string of the molecule is CC1=NC=CC(C)(C)C1. The number of hydrogen-bond acceptors (Lipinski definition) is 1. The molecule has 1 heteroatoms. The van der Waals surface area contributed by atoms with Gasteiger partial charge in [-0.05, 0) is 18.8 Å². The van der Waals surface area contributed by atoms with E-state index in [9.17, 15) is 0 Å². The molecule has 1 aliphatic heterocycles. The first-order valence-electron chi connectivity index (χ1n) is 3.31. The summed E-state index contributed by atoms with van der Waals surface area (Å²) in [6, 6.07) is 0. The Labute approximate surface area is 56.5 Å². The van der Waals surface area contributed by atoms with Crippen molar-refractivity contribution >= 4 is 5.71 Å². The van der Waals surface area contributed by atoms with Gasteiger partial charge in [0.15, 0.2) is 0 Å². The summed E-state index contributed by atoms with van der Waals surface area (Å²) < 4.78 is 0. The van der Waals surface area contributed by atoms with Crippen molar-refractivity contribution in [2.75, 3.05) is 0 Å². The number of allylic oxidation sites excluding steroid dienone is 1. The number of rotatable bonds is 0. The van der Waals surface area contributed by atoms with E-state index in [1.807, 2.05) is 6.20 Å². The summed E-state index contributed by atoms with van der Waals surface area (Å²) in [7, 11) is 0. The van der Waals surface area contributed by atoms with Gasteiger partial charge in [-0.15, -0.1) is 0 Å². The molecule has 0 atom stereocenters. The van der Waals surface area contributed by atoms with Crippen LogP contribution in [0.15, 0.2) is 17.3 Å². The smallest absolute Gasteiger partial charge is 0.0232 e. The number of aliphatic imine (C=N–C) groups is 1. The summed E-state index contributed by atoms with van der Waals surface area (Å²) in [5, 5.41) is 0.